The average Bonchev–Trinajstić information content (AvgIpc) is 3.59. The molecule has 2 heterocycles. The second-order valence-corrected chi connectivity index (χ2v) is 11.7. The number of imidazole rings is 1. The highest BCUT2D eigenvalue weighted by Crippen LogP contribution is 2.44. The molecule has 206 valence electrons. The summed E-state index contributed by atoms with van der Waals surface area (Å²) in [4.78, 5) is 5.37. The van der Waals surface area contributed by atoms with Gasteiger partial charge in [-0.1, -0.05) is 110 Å². The van der Waals surface area contributed by atoms with E-state index in [4.69, 9.17) is 4.98 Å². The number of allylic oxidation sites excluding steroid dienone is 9. The molecular formula is C39H35N3. The molecule has 3 aliphatic carbocycles. The number of benzene rings is 3. The van der Waals surface area contributed by atoms with Gasteiger partial charge < -0.3 is 0 Å². The lowest BCUT2D eigenvalue weighted by atomic mass is 9.78. The first kappa shape index (κ1) is 25.1. The Labute approximate surface area is 247 Å². The highest BCUT2D eigenvalue weighted by Gasteiger charge is 2.31. The van der Waals surface area contributed by atoms with Gasteiger partial charge in [0.05, 0.1) is 16.6 Å². The molecule has 5 aromatic rings. The van der Waals surface area contributed by atoms with Crippen LogP contribution in [0.4, 0.5) is 0 Å². The van der Waals surface area contributed by atoms with Crippen molar-refractivity contribution in [1.29, 1.82) is 0 Å². The lowest BCUT2D eigenvalue weighted by molar-refractivity contribution is 0.704. The molecule has 3 aromatic carbocycles. The van der Waals surface area contributed by atoms with Crippen molar-refractivity contribution < 1.29 is 0 Å². The van der Waals surface area contributed by atoms with E-state index in [1.165, 1.54) is 50.1 Å². The summed E-state index contributed by atoms with van der Waals surface area (Å²) in [7, 11) is 0. The van der Waals surface area contributed by atoms with E-state index in [0.29, 0.717) is 11.8 Å². The van der Waals surface area contributed by atoms with E-state index in [1.54, 1.807) is 0 Å². The SMILES string of the molecule is CCC1=Cc2c(n(-c3nc4ccccc4n3C3=CCC4C=CC=CC4=C3)c3ccccc23)CC1c1ccccc1CC. The fourth-order valence-corrected chi connectivity index (χ4v) is 7.39. The smallest absolute Gasteiger partial charge is 0.220 e. The second-order valence-electron chi connectivity index (χ2n) is 11.7. The molecule has 0 spiro atoms. The number of aromatic nitrogens is 3. The highest BCUT2D eigenvalue weighted by molar-refractivity contribution is 5.95. The van der Waals surface area contributed by atoms with Gasteiger partial charge in [0.15, 0.2) is 0 Å². The van der Waals surface area contributed by atoms with Crippen molar-refractivity contribution in [1.82, 2.24) is 14.1 Å². The van der Waals surface area contributed by atoms with Crippen molar-refractivity contribution in [2.24, 2.45) is 5.92 Å². The van der Waals surface area contributed by atoms with Gasteiger partial charge in [-0.05, 0) is 66.7 Å². The van der Waals surface area contributed by atoms with Crippen LogP contribution >= 0.6 is 0 Å². The van der Waals surface area contributed by atoms with Crippen molar-refractivity contribution >= 4 is 33.7 Å². The standard InChI is InChI=1S/C39H35N3/c1-3-26-13-7-8-16-31(26)33-25-38-34(24-27(33)4-2)32-17-9-11-19-36(32)42(38)39-40-35-18-10-12-20-37(35)41(39)30-22-21-28-14-5-6-15-29(28)23-30/h5-20,22-24,28,33H,3-4,21,25H2,1-2H3. The van der Waals surface area contributed by atoms with Crippen LogP contribution in [0.5, 0.6) is 0 Å². The fourth-order valence-electron chi connectivity index (χ4n) is 7.39. The Kier molecular flexibility index (Phi) is 5.99. The Bertz CT molecular complexity index is 2020. The number of para-hydroxylation sites is 3. The van der Waals surface area contributed by atoms with E-state index in [9.17, 15) is 0 Å². The van der Waals surface area contributed by atoms with Crippen molar-refractivity contribution in [2.75, 3.05) is 0 Å². The van der Waals surface area contributed by atoms with Crippen molar-refractivity contribution in [3.63, 3.8) is 0 Å². The minimum absolute atomic E-state index is 0.357. The van der Waals surface area contributed by atoms with Gasteiger partial charge in [-0.25, -0.2) is 4.98 Å². The predicted octanol–water partition coefficient (Wildman–Crippen LogP) is 9.59. The van der Waals surface area contributed by atoms with Crippen LogP contribution in [0, 0.1) is 5.92 Å². The average molecular weight is 546 g/mol. The fraction of sp³-hybridized carbons (Fsp3) is 0.205. The molecule has 2 aromatic heterocycles. The zero-order chi connectivity index (χ0) is 28.2. The number of aryl methyl sites for hydroxylation is 1. The van der Waals surface area contributed by atoms with Gasteiger partial charge in [0.25, 0.3) is 0 Å². The molecule has 0 aliphatic heterocycles. The molecule has 3 nitrogen and oxygen atoms in total. The van der Waals surface area contributed by atoms with Crippen LogP contribution < -0.4 is 0 Å². The lowest BCUT2D eigenvalue weighted by Gasteiger charge is -2.28. The molecule has 3 aliphatic rings. The first-order valence-corrected chi connectivity index (χ1v) is 15.4. The Hall–Kier alpha value is -4.63. The molecule has 3 heteroatoms. The minimum Gasteiger partial charge on any atom is -0.283 e. The summed E-state index contributed by atoms with van der Waals surface area (Å²) in [5.74, 6) is 1.78. The van der Waals surface area contributed by atoms with Crippen LogP contribution in [0.3, 0.4) is 0 Å². The molecule has 42 heavy (non-hydrogen) atoms. The molecule has 2 unspecified atom stereocenters. The van der Waals surface area contributed by atoms with Gasteiger partial charge in [0, 0.05) is 34.2 Å². The van der Waals surface area contributed by atoms with Gasteiger partial charge in [0.1, 0.15) is 0 Å². The highest BCUT2D eigenvalue weighted by atomic mass is 15.3. The number of nitrogens with zero attached hydrogens (tertiary/aromatic N) is 3. The molecule has 0 fully saturated rings. The van der Waals surface area contributed by atoms with Crippen molar-refractivity contribution in [2.45, 2.75) is 45.4 Å². The minimum atomic E-state index is 0.357. The summed E-state index contributed by atoms with van der Waals surface area (Å²) in [5, 5.41) is 1.30. The van der Waals surface area contributed by atoms with E-state index in [-0.39, 0.29) is 0 Å². The number of rotatable bonds is 5. The van der Waals surface area contributed by atoms with Crippen molar-refractivity contribution in [3.05, 3.63) is 143 Å². The van der Waals surface area contributed by atoms with E-state index in [0.717, 1.165) is 42.7 Å². The van der Waals surface area contributed by atoms with Gasteiger partial charge in [0.2, 0.25) is 5.95 Å². The maximum absolute atomic E-state index is 5.37. The zero-order valence-electron chi connectivity index (χ0n) is 24.3. The third-order valence-corrected chi connectivity index (χ3v) is 9.48. The van der Waals surface area contributed by atoms with E-state index >= 15 is 0 Å². The zero-order valence-corrected chi connectivity index (χ0v) is 24.3. The third kappa shape index (κ3) is 3.84. The quantitative estimate of drug-likeness (QED) is 0.216. The van der Waals surface area contributed by atoms with E-state index < -0.39 is 0 Å². The Morgan fingerprint density at radius 1 is 0.810 bits per heavy atom. The Morgan fingerprint density at radius 3 is 2.50 bits per heavy atom. The molecule has 2 atom stereocenters. The third-order valence-electron chi connectivity index (χ3n) is 9.48. The number of fused-ring (bicyclic) bond motifs is 5. The summed E-state index contributed by atoms with van der Waals surface area (Å²) < 4.78 is 4.86. The lowest BCUT2D eigenvalue weighted by Crippen LogP contribution is -2.17. The summed E-state index contributed by atoms with van der Waals surface area (Å²) in [6, 6.07) is 26.5. The molecule has 0 radical (unpaired) electrons. The van der Waals surface area contributed by atoms with Crippen molar-refractivity contribution in [3.8, 4) is 5.95 Å². The van der Waals surface area contributed by atoms with Crippen LogP contribution in [0.1, 0.15) is 55.0 Å². The summed E-state index contributed by atoms with van der Waals surface area (Å²) in [6.07, 6.45) is 20.2. The van der Waals surface area contributed by atoms with E-state index in [2.05, 4.69) is 138 Å². The first-order valence-electron chi connectivity index (χ1n) is 15.4. The maximum atomic E-state index is 5.37. The summed E-state index contributed by atoms with van der Waals surface area (Å²) in [5.41, 5.74) is 13.1. The molecule has 8 rings (SSSR count). The van der Waals surface area contributed by atoms with Gasteiger partial charge >= 0.3 is 0 Å². The normalized spacial score (nSPS) is 19.4. The Morgan fingerprint density at radius 2 is 1.62 bits per heavy atom. The van der Waals surface area contributed by atoms with Crippen LogP contribution in [-0.2, 0) is 12.8 Å². The molecule has 0 amide bonds. The molecule has 0 bridgehead atoms. The number of hydrogen-bond donors (Lipinski definition) is 0. The van der Waals surface area contributed by atoms with Gasteiger partial charge in [-0.3, -0.25) is 9.13 Å². The topological polar surface area (TPSA) is 22.8 Å². The molecule has 0 saturated heterocycles. The summed E-state index contributed by atoms with van der Waals surface area (Å²) >= 11 is 0. The molecule has 0 N–H and O–H groups in total. The summed E-state index contributed by atoms with van der Waals surface area (Å²) in [6.45, 7) is 4.58. The van der Waals surface area contributed by atoms with Crippen LogP contribution in [0.15, 0.2) is 120 Å². The van der Waals surface area contributed by atoms with Crippen LogP contribution in [0.2, 0.25) is 0 Å². The monoisotopic (exact) mass is 545 g/mol. The van der Waals surface area contributed by atoms with Gasteiger partial charge in [-0.2, -0.15) is 0 Å². The molecule has 0 saturated carbocycles. The predicted molar refractivity (Wildman–Crippen MR) is 176 cm³/mol. The second kappa shape index (κ2) is 10.0. The Balaban J connectivity index is 1.39. The largest absolute Gasteiger partial charge is 0.283 e. The van der Waals surface area contributed by atoms with Crippen LogP contribution in [-0.4, -0.2) is 14.1 Å². The maximum Gasteiger partial charge on any atom is 0.220 e. The first-order chi connectivity index (χ1) is 20.7. The number of hydrogen-bond acceptors (Lipinski definition) is 1. The molecular weight excluding hydrogens is 510 g/mol. The van der Waals surface area contributed by atoms with E-state index in [1.807, 2.05) is 0 Å². The van der Waals surface area contributed by atoms with Crippen LogP contribution in [0.25, 0.3) is 39.7 Å². The van der Waals surface area contributed by atoms with Gasteiger partial charge in [-0.15, -0.1) is 0 Å².